The number of hydrogen-bond donors (Lipinski definition) is 0. The van der Waals surface area contributed by atoms with Gasteiger partial charge in [-0.15, -0.1) is 0 Å². The van der Waals surface area contributed by atoms with Crippen LogP contribution in [0.3, 0.4) is 0 Å². The van der Waals surface area contributed by atoms with Crippen LogP contribution in [0.4, 0.5) is 0 Å². The van der Waals surface area contributed by atoms with Crippen molar-refractivity contribution in [3.8, 4) is 0 Å². The first-order chi connectivity index (χ1) is 3.00. The summed E-state index contributed by atoms with van der Waals surface area (Å²) < 4.78 is 0. The van der Waals surface area contributed by atoms with E-state index in [2.05, 4.69) is 0 Å². The Morgan fingerprint density at radius 3 is 1.86 bits per heavy atom. The van der Waals surface area contributed by atoms with Gasteiger partial charge in [0.15, 0.2) is 0 Å². The van der Waals surface area contributed by atoms with Crippen LogP contribution in [0, 0.1) is 0 Å². The normalized spacial score (nSPS) is 6.29. The molecule has 0 fully saturated rings. The Kier molecular flexibility index (Phi) is 4.46. The van der Waals surface area contributed by atoms with Crippen LogP contribution in [0.5, 0.6) is 0 Å². The van der Waals surface area contributed by atoms with Crippen LogP contribution in [0.15, 0.2) is 30.1 Å². The SMILES string of the molecule is [H-].[H-].[HH].[Mg+2].b1ccccc1. The van der Waals surface area contributed by atoms with Crippen LogP contribution in [0.1, 0.15) is 4.28 Å². The summed E-state index contributed by atoms with van der Waals surface area (Å²) in [6, 6.07) is 6.00. The topological polar surface area (TPSA) is 0 Å². The summed E-state index contributed by atoms with van der Waals surface area (Å²) in [6.45, 7) is 2.00. The van der Waals surface area contributed by atoms with Crippen LogP contribution in [0.25, 0.3) is 0 Å². The molecule has 0 nitrogen and oxygen atoms in total. The first kappa shape index (κ1) is 7.18. The summed E-state index contributed by atoms with van der Waals surface area (Å²) in [5, 5.41) is 0. The van der Waals surface area contributed by atoms with E-state index < -0.39 is 0 Å². The number of hydrogen-bond acceptors (Lipinski definition) is 0. The second-order valence-electron chi connectivity index (χ2n) is 1.15. The molecule has 0 aliphatic heterocycles. The van der Waals surface area contributed by atoms with E-state index in [4.69, 9.17) is 0 Å². The first-order valence-electron chi connectivity index (χ1n) is 2.00. The van der Waals surface area contributed by atoms with Gasteiger partial charge in [0.25, 0.3) is 0 Å². The van der Waals surface area contributed by atoms with Gasteiger partial charge in [-0.25, -0.2) is 0 Å². The average Bonchev–Trinajstić information content (AvgIpc) is 1.72. The van der Waals surface area contributed by atoms with Crippen LogP contribution in [-0.2, 0) is 0 Å². The maximum absolute atomic E-state index is 2.00. The van der Waals surface area contributed by atoms with Gasteiger partial charge in [-0.3, -0.25) is 0 Å². The van der Waals surface area contributed by atoms with E-state index >= 15 is 0 Å². The van der Waals surface area contributed by atoms with Gasteiger partial charge in [0.05, 0.1) is 0 Å². The van der Waals surface area contributed by atoms with E-state index in [0.717, 1.165) is 0 Å². The van der Waals surface area contributed by atoms with E-state index in [0.29, 0.717) is 0 Å². The van der Waals surface area contributed by atoms with E-state index in [1.165, 1.54) is 0 Å². The minimum absolute atomic E-state index is 0. The monoisotopic (exact) mass is 104 g/mol. The molecule has 0 aliphatic rings. The molecule has 0 saturated heterocycles. The van der Waals surface area contributed by atoms with Gasteiger partial charge in [-0.1, -0.05) is 0 Å². The zero-order valence-corrected chi connectivity index (χ0v) is 5.59. The molecular formula is C5H9BMg. The Bertz CT molecular complexity index is 88.8. The molecule has 1 rings (SSSR count). The summed E-state index contributed by atoms with van der Waals surface area (Å²) >= 11 is 0. The molecule has 34 valence electrons. The second-order valence-corrected chi connectivity index (χ2v) is 1.15. The van der Waals surface area contributed by atoms with E-state index in [-0.39, 0.29) is 27.3 Å². The molecule has 1 aromatic rings. The molecule has 2 heteroatoms. The average molecular weight is 104 g/mol. The molecule has 1 heterocycles. The fraction of sp³-hybridized carbons (Fsp3) is 0. The van der Waals surface area contributed by atoms with Crippen molar-refractivity contribution in [1.29, 1.82) is 0 Å². The molecule has 0 bridgehead atoms. The zero-order chi connectivity index (χ0) is 4.24. The van der Waals surface area contributed by atoms with Crippen LogP contribution >= 0.6 is 0 Å². The molecule has 7 heavy (non-hydrogen) atoms. The summed E-state index contributed by atoms with van der Waals surface area (Å²) in [7, 11) is 0. The molecule has 0 N–H and O–H groups in total. The Morgan fingerprint density at radius 2 is 1.71 bits per heavy atom. The second kappa shape index (κ2) is 4.34. The van der Waals surface area contributed by atoms with Crippen molar-refractivity contribution in [2.24, 2.45) is 0 Å². The summed E-state index contributed by atoms with van der Waals surface area (Å²) in [6.07, 6.45) is 0. The van der Waals surface area contributed by atoms with Gasteiger partial charge >= 0.3 is 60.1 Å². The van der Waals surface area contributed by atoms with Crippen LogP contribution in [0.2, 0.25) is 0 Å². The minimum atomic E-state index is 0. The number of rotatable bonds is 0. The van der Waals surface area contributed by atoms with E-state index in [1.807, 2.05) is 37.0 Å². The van der Waals surface area contributed by atoms with Crippen molar-refractivity contribution in [3.63, 3.8) is 0 Å². The standard InChI is InChI=1S/C5H5B.Mg.H2.2H/c1-2-4-6-5-3-1;;;;/h1-5H;;1H;;/q;+2;;2*-1. The quantitative estimate of drug-likeness (QED) is 0.433. The molecule has 0 aliphatic carbocycles. The molecule has 1 aromatic heterocycles. The fourth-order valence-corrected chi connectivity index (χ4v) is 0.385. The molecule has 0 atom stereocenters. The molecule has 0 aromatic carbocycles. The van der Waals surface area contributed by atoms with Crippen LogP contribution in [-0.4, -0.2) is 30.0 Å². The Morgan fingerprint density at radius 1 is 1.14 bits per heavy atom. The summed E-state index contributed by atoms with van der Waals surface area (Å²) in [5.41, 5.74) is 0. The van der Waals surface area contributed by atoms with Gasteiger partial charge in [-0.05, 0) is 0 Å². The molecule has 0 amide bonds. The van der Waals surface area contributed by atoms with Gasteiger partial charge in [0, 0.05) is 1.43 Å². The Balaban J connectivity index is -0.0000000450. The predicted molar refractivity (Wildman–Crippen MR) is 37.9 cm³/mol. The molecule has 0 spiro atoms. The van der Waals surface area contributed by atoms with Crippen molar-refractivity contribution in [1.82, 2.24) is 0 Å². The van der Waals surface area contributed by atoms with Gasteiger partial charge in [-0.2, -0.15) is 0 Å². The van der Waals surface area contributed by atoms with Gasteiger partial charge < -0.3 is 2.85 Å². The fourth-order valence-electron chi connectivity index (χ4n) is 0.385. The molecule has 0 saturated carbocycles. The van der Waals surface area contributed by atoms with Crippen molar-refractivity contribution < 1.29 is 4.28 Å². The predicted octanol–water partition coefficient (Wildman–Crippen LogP) is 1.11. The van der Waals surface area contributed by atoms with E-state index in [1.54, 1.807) is 0 Å². The third-order valence-electron chi connectivity index (χ3n) is 0.667. The Hall–Kier alpha value is 0.181. The van der Waals surface area contributed by atoms with Crippen molar-refractivity contribution >= 4 is 30.0 Å². The van der Waals surface area contributed by atoms with Crippen molar-refractivity contribution in [2.45, 2.75) is 0 Å². The summed E-state index contributed by atoms with van der Waals surface area (Å²) in [4.78, 5) is 0. The van der Waals surface area contributed by atoms with Crippen molar-refractivity contribution in [3.05, 3.63) is 30.1 Å². The maximum atomic E-state index is 2.00. The zero-order valence-electron chi connectivity index (χ0n) is 6.17. The van der Waals surface area contributed by atoms with Gasteiger partial charge in [0.2, 0.25) is 0 Å². The molecule has 0 unspecified atom stereocenters. The summed E-state index contributed by atoms with van der Waals surface area (Å²) in [5.74, 6) is 4.00. The Labute approximate surface area is 64.8 Å². The van der Waals surface area contributed by atoms with Crippen LogP contribution < -0.4 is 0 Å². The third kappa shape index (κ3) is 2.83. The van der Waals surface area contributed by atoms with Crippen molar-refractivity contribution in [2.75, 3.05) is 0 Å². The molecule has 0 radical (unpaired) electrons. The van der Waals surface area contributed by atoms with Gasteiger partial charge in [0.1, 0.15) is 0 Å². The first-order valence-corrected chi connectivity index (χ1v) is 2.00. The third-order valence-corrected chi connectivity index (χ3v) is 0.667. The van der Waals surface area contributed by atoms with E-state index in [9.17, 15) is 0 Å². The molecular weight excluding hydrogens is 95.2 g/mol.